The van der Waals surface area contributed by atoms with Crippen molar-refractivity contribution in [3.63, 3.8) is 0 Å². The topological polar surface area (TPSA) is 36.1 Å². The molecule has 0 aliphatic rings. The number of nitrogens with zero attached hydrogens (tertiary/aromatic N) is 2. The first kappa shape index (κ1) is 27.7. The van der Waals surface area contributed by atoms with Crippen LogP contribution in [0.15, 0.2) is 142 Å². The van der Waals surface area contributed by atoms with Crippen LogP contribution in [0.25, 0.3) is 120 Å². The molecule has 4 aromatic heterocycles. The second kappa shape index (κ2) is 9.80. The number of benzene rings is 8. The van der Waals surface area contributed by atoms with Crippen LogP contribution in [0.2, 0.25) is 0 Å². The van der Waals surface area contributed by atoms with Gasteiger partial charge in [0, 0.05) is 53.9 Å². The van der Waals surface area contributed by atoms with Crippen LogP contribution in [0.5, 0.6) is 0 Å². The first-order valence-corrected chi connectivity index (χ1v) is 18.5. The lowest BCUT2D eigenvalue weighted by Gasteiger charge is -2.11. The Morgan fingerprint density at radius 1 is 0.380 bits per heavy atom. The Labute approximate surface area is 311 Å². The van der Waals surface area contributed by atoms with Crippen molar-refractivity contribution in [3.05, 3.63) is 133 Å². The van der Waals surface area contributed by atoms with Crippen molar-refractivity contribution in [1.82, 2.24) is 5.56 Å². The maximum atomic E-state index is 6.85. The molecule has 234 valence electrons. The highest BCUT2D eigenvalue weighted by Gasteiger charge is 2.25. The van der Waals surface area contributed by atoms with Gasteiger partial charge in [0.15, 0.2) is 0 Å². The van der Waals surface area contributed by atoms with Gasteiger partial charge in [0.2, 0.25) is 0 Å². The third kappa shape index (κ3) is 3.36. The van der Waals surface area contributed by atoms with Crippen LogP contribution >= 0.6 is 45.7 Å². The van der Waals surface area contributed by atoms with E-state index in [4.69, 9.17) is 8.83 Å². The molecular formula is C44H22I2N2O2. The van der Waals surface area contributed by atoms with E-state index in [1.807, 2.05) is 6.07 Å². The minimum Gasteiger partial charge on any atom is -0.455 e. The van der Waals surface area contributed by atoms with E-state index >= 15 is 0 Å². The molecule has 0 radical (unpaired) electrons. The first-order valence-electron chi connectivity index (χ1n) is 16.6. The molecule has 6 heteroatoms. The largest absolute Gasteiger partial charge is 0.455 e. The van der Waals surface area contributed by atoms with Gasteiger partial charge in [-0.2, -0.15) is 0 Å². The smallest absolute Gasteiger partial charge is 0.146 e. The standard InChI is InChI=1S/C44H22I2N2O2/c45-47-32-17-6-3-12-27(32)38-39-30-14-5-8-19-35(30)49-43(39)36-24(15-9-16-31(36)42(38)47)23-20-21-28-33(22-23)48(46)41-26-11-2-1-10-25(26)37-29-13-4-7-18-34(29)50-44(37)40(28)41/h1-22H. The van der Waals surface area contributed by atoms with Crippen molar-refractivity contribution in [1.29, 1.82) is 0 Å². The molecule has 0 aliphatic heterocycles. The monoisotopic (exact) mass is 864 g/mol. The van der Waals surface area contributed by atoms with Gasteiger partial charge in [-0.15, -0.1) is 0 Å². The maximum Gasteiger partial charge on any atom is 0.146 e. The summed E-state index contributed by atoms with van der Waals surface area (Å²) >= 11 is 4.96. The number of hydrogen-bond donors (Lipinski definition) is 0. The highest BCUT2D eigenvalue weighted by molar-refractivity contribution is 14.1. The first-order chi connectivity index (χ1) is 24.7. The average molecular weight is 864 g/mol. The van der Waals surface area contributed by atoms with Gasteiger partial charge in [-0.05, 0) is 40.8 Å². The van der Waals surface area contributed by atoms with Gasteiger partial charge in [0.25, 0.3) is 0 Å². The summed E-state index contributed by atoms with van der Waals surface area (Å²) in [5.41, 5.74) is 10.7. The molecule has 0 aliphatic carbocycles. The van der Waals surface area contributed by atoms with E-state index in [0.29, 0.717) is 0 Å². The fourth-order valence-electron chi connectivity index (χ4n) is 8.69. The quantitative estimate of drug-likeness (QED) is 0.154. The highest BCUT2D eigenvalue weighted by atomic mass is 127. The van der Waals surface area contributed by atoms with Gasteiger partial charge in [-0.3, -0.25) is 5.56 Å². The summed E-state index contributed by atoms with van der Waals surface area (Å²) in [5, 5.41) is 14.2. The van der Waals surface area contributed by atoms with E-state index in [9.17, 15) is 0 Å². The van der Waals surface area contributed by atoms with Crippen molar-refractivity contribution in [3.8, 4) is 11.1 Å². The Hall–Kier alpha value is -5.06. The number of aromatic nitrogens is 2. The molecule has 12 aromatic rings. The minimum absolute atomic E-state index is 0.904. The van der Waals surface area contributed by atoms with Crippen LogP contribution in [-0.4, -0.2) is 5.56 Å². The fraction of sp³-hybridized carbons (Fsp3) is 0. The third-order valence-corrected chi connectivity index (χ3v) is 12.7. The molecule has 0 atom stereocenters. The summed E-state index contributed by atoms with van der Waals surface area (Å²) in [5.74, 6) is 0. The third-order valence-electron chi connectivity index (χ3n) is 10.7. The molecule has 4 nitrogen and oxygen atoms in total. The van der Waals surface area contributed by atoms with Crippen LogP contribution in [0.1, 0.15) is 0 Å². The molecule has 0 bridgehead atoms. The Morgan fingerprint density at radius 2 is 0.940 bits per heavy atom. The SMILES string of the molecule is In1c2cc(-c3cccc4c3c3oc5ccccc5c3c3c5ccccc5n(I)c43)ccc2c2c3oc4ccccc4c3c3ccccc3c21. The van der Waals surface area contributed by atoms with Gasteiger partial charge in [0.1, 0.15) is 22.3 Å². The highest BCUT2D eigenvalue weighted by Crippen LogP contribution is 2.50. The van der Waals surface area contributed by atoms with Crippen molar-refractivity contribution in [2.45, 2.75) is 0 Å². The van der Waals surface area contributed by atoms with Crippen LogP contribution in [0.4, 0.5) is 0 Å². The van der Waals surface area contributed by atoms with Crippen LogP contribution in [-0.2, 0) is 0 Å². The average Bonchev–Trinajstić information content (AvgIpc) is 3.90. The van der Waals surface area contributed by atoms with Gasteiger partial charge >= 0.3 is 0 Å². The molecule has 4 heterocycles. The molecule has 0 saturated heterocycles. The molecule has 0 saturated carbocycles. The second-order valence-corrected chi connectivity index (χ2v) is 15.1. The van der Waals surface area contributed by atoms with Gasteiger partial charge < -0.3 is 8.83 Å². The predicted octanol–water partition coefficient (Wildman–Crippen LogP) is 14.1. The summed E-state index contributed by atoms with van der Waals surface area (Å²) in [6.45, 7) is 0. The molecule has 0 unspecified atom stereocenters. The van der Waals surface area contributed by atoms with Crippen molar-refractivity contribution in [2.75, 3.05) is 0 Å². The zero-order valence-electron chi connectivity index (χ0n) is 26.2. The minimum atomic E-state index is 0.904. The van der Waals surface area contributed by atoms with E-state index in [2.05, 4.69) is 179 Å². The molecule has 0 amide bonds. The predicted molar refractivity (Wildman–Crippen MR) is 226 cm³/mol. The zero-order chi connectivity index (χ0) is 32.8. The summed E-state index contributed by atoms with van der Waals surface area (Å²) < 4.78 is 18.2. The molecule has 0 fully saturated rings. The van der Waals surface area contributed by atoms with E-state index in [0.717, 1.165) is 60.5 Å². The van der Waals surface area contributed by atoms with E-state index in [-0.39, 0.29) is 0 Å². The summed E-state index contributed by atoms with van der Waals surface area (Å²) in [6.07, 6.45) is 0. The molecule has 50 heavy (non-hydrogen) atoms. The molecular weight excluding hydrogens is 842 g/mol. The Balaban J connectivity index is 1.24. The van der Waals surface area contributed by atoms with Crippen LogP contribution in [0.3, 0.4) is 0 Å². The van der Waals surface area contributed by atoms with Crippen molar-refractivity contribution < 1.29 is 8.83 Å². The lowest BCUT2D eigenvalue weighted by molar-refractivity contribution is 0.672. The van der Waals surface area contributed by atoms with Crippen molar-refractivity contribution >= 4 is 155 Å². The lowest BCUT2D eigenvalue weighted by Crippen LogP contribution is -1.87. The summed E-state index contributed by atoms with van der Waals surface area (Å²) in [4.78, 5) is 0. The molecule has 8 aromatic carbocycles. The Bertz CT molecular complexity index is 3470. The van der Waals surface area contributed by atoms with Crippen molar-refractivity contribution in [2.24, 2.45) is 0 Å². The maximum absolute atomic E-state index is 6.85. The van der Waals surface area contributed by atoms with E-state index in [1.54, 1.807) is 0 Å². The number of furan rings is 2. The molecule has 12 rings (SSSR count). The summed E-state index contributed by atoms with van der Waals surface area (Å²) in [6, 6.07) is 47.8. The Kier molecular flexibility index (Phi) is 5.43. The van der Waals surface area contributed by atoms with Crippen LogP contribution < -0.4 is 0 Å². The number of fused-ring (bicyclic) bond motifs is 20. The Morgan fingerprint density at radius 3 is 1.72 bits per heavy atom. The van der Waals surface area contributed by atoms with Gasteiger partial charge in [-0.1, -0.05) is 109 Å². The summed E-state index contributed by atoms with van der Waals surface area (Å²) in [7, 11) is 0. The lowest BCUT2D eigenvalue weighted by atomic mass is 9.93. The number of hydrogen-bond acceptors (Lipinski definition) is 2. The number of para-hydroxylation sites is 3. The fourth-order valence-corrected chi connectivity index (χ4v) is 10.5. The van der Waals surface area contributed by atoms with E-state index in [1.165, 1.54) is 59.6 Å². The van der Waals surface area contributed by atoms with Crippen LogP contribution in [0, 0.1) is 0 Å². The van der Waals surface area contributed by atoms with E-state index < -0.39 is 0 Å². The van der Waals surface area contributed by atoms with Gasteiger partial charge in [0.05, 0.1) is 73.2 Å². The molecule has 0 N–H and O–H groups in total. The molecule has 0 spiro atoms. The van der Waals surface area contributed by atoms with Gasteiger partial charge in [-0.25, -0.2) is 0 Å². The number of halogens is 2. The second-order valence-electron chi connectivity index (χ2n) is 13.1. The zero-order valence-corrected chi connectivity index (χ0v) is 30.5. The number of rotatable bonds is 1. The normalized spacial score (nSPS) is 12.6.